The van der Waals surface area contributed by atoms with E-state index in [1.807, 2.05) is 6.92 Å². The Morgan fingerprint density at radius 3 is 2.61 bits per heavy atom. The van der Waals surface area contributed by atoms with Crippen LogP contribution in [0.4, 0.5) is 0 Å². The van der Waals surface area contributed by atoms with Crippen molar-refractivity contribution < 1.29 is 14.6 Å². The average Bonchev–Trinajstić information content (AvgIpc) is 2.39. The average molecular weight is 244 g/mol. The van der Waals surface area contributed by atoms with E-state index < -0.39 is 5.97 Å². The number of carbonyl (C=O) groups is 1. The Morgan fingerprint density at radius 1 is 1.28 bits per heavy atom. The number of aromatic carboxylic acids is 1. The molecule has 1 heterocycles. The summed E-state index contributed by atoms with van der Waals surface area (Å²) in [5, 5.41) is 8.81. The van der Waals surface area contributed by atoms with E-state index in [2.05, 4.69) is 9.97 Å². The van der Waals surface area contributed by atoms with Gasteiger partial charge in [0.2, 0.25) is 5.88 Å². The monoisotopic (exact) mass is 244 g/mol. The first-order valence-corrected chi connectivity index (χ1v) is 5.49. The molecule has 5 nitrogen and oxygen atoms in total. The molecule has 0 saturated carbocycles. The van der Waals surface area contributed by atoms with Crippen molar-refractivity contribution in [2.75, 3.05) is 6.61 Å². The number of benzene rings is 1. The van der Waals surface area contributed by atoms with E-state index in [1.54, 1.807) is 24.5 Å². The topological polar surface area (TPSA) is 72.3 Å². The zero-order chi connectivity index (χ0) is 13.0. The van der Waals surface area contributed by atoms with Crippen LogP contribution in [-0.4, -0.2) is 27.7 Å². The first-order valence-electron chi connectivity index (χ1n) is 5.49. The van der Waals surface area contributed by atoms with Gasteiger partial charge in [-0.05, 0) is 19.1 Å². The highest BCUT2D eigenvalue weighted by molar-refractivity contribution is 5.88. The van der Waals surface area contributed by atoms with E-state index in [-0.39, 0.29) is 5.56 Å². The van der Waals surface area contributed by atoms with Crippen molar-refractivity contribution in [2.24, 2.45) is 0 Å². The lowest BCUT2D eigenvalue weighted by atomic mass is 10.1. The van der Waals surface area contributed by atoms with Crippen molar-refractivity contribution in [1.29, 1.82) is 0 Å². The standard InChI is InChI=1S/C13H12N2O3/c1-2-18-12-8-14-7-11(15-12)9-3-5-10(6-4-9)13(16)17/h3-8H,2H2,1H3,(H,16,17). The molecule has 0 aliphatic heterocycles. The molecule has 2 aromatic rings. The molecular formula is C13H12N2O3. The van der Waals surface area contributed by atoms with Gasteiger partial charge in [0, 0.05) is 5.56 Å². The zero-order valence-corrected chi connectivity index (χ0v) is 9.83. The van der Waals surface area contributed by atoms with Crippen LogP contribution < -0.4 is 4.74 Å². The summed E-state index contributed by atoms with van der Waals surface area (Å²) in [7, 11) is 0. The molecule has 0 amide bonds. The third-order valence-corrected chi connectivity index (χ3v) is 2.33. The second kappa shape index (κ2) is 5.27. The maximum Gasteiger partial charge on any atom is 0.335 e. The number of hydrogen-bond donors (Lipinski definition) is 1. The largest absolute Gasteiger partial charge is 0.478 e. The Morgan fingerprint density at radius 2 is 2.00 bits per heavy atom. The van der Waals surface area contributed by atoms with Crippen molar-refractivity contribution in [3.8, 4) is 17.1 Å². The quantitative estimate of drug-likeness (QED) is 0.892. The molecule has 0 radical (unpaired) electrons. The molecule has 5 heteroatoms. The molecule has 18 heavy (non-hydrogen) atoms. The second-order valence-corrected chi connectivity index (χ2v) is 3.56. The number of hydrogen-bond acceptors (Lipinski definition) is 4. The molecule has 0 bridgehead atoms. The minimum Gasteiger partial charge on any atom is -0.478 e. The van der Waals surface area contributed by atoms with E-state index in [0.717, 1.165) is 5.56 Å². The van der Waals surface area contributed by atoms with Crippen LogP contribution in [-0.2, 0) is 0 Å². The molecule has 0 spiro atoms. The van der Waals surface area contributed by atoms with Gasteiger partial charge < -0.3 is 9.84 Å². The van der Waals surface area contributed by atoms with Gasteiger partial charge in [-0.1, -0.05) is 12.1 Å². The molecule has 0 unspecified atom stereocenters. The molecule has 0 aliphatic rings. The van der Waals surface area contributed by atoms with Crippen LogP contribution in [0, 0.1) is 0 Å². The Bertz CT molecular complexity index is 552. The molecular weight excluding hydrogens is 232 g/mol. The van der Waals surface area contributed by atoms with Crippen LogP contribution >= 0.6 is 0 Å². The minimum absolute atomic E-state index is 0.243. The number of carboxylic acids is 1. The molecule has 0 atom stereocenters. The van der Waals surface area contributed by atoms with Crippen molar-refractivity contribution in [2.45, 2.75) is 6.92 Å². The predicted octanol–water partition coefficient (Wildman–Crippen LogP) is 2.24. The highest BCUT2D eigenvalue weighted by atomic mass is 16.5. The summed E-state index contributed by atoms with van der Waals surface area (Å²) in [6, 6.07) is 6.46. The predicted molar refractivity (Wildman–Crippen MR) is 65.6 cm³/mol. The molecule has 0 fully saturated rings. The third kappa shape index (κ3) is 2.63. The van der Waals surface area contributed by atoms with Crippen LogP contribution in [0.2, 0.25) is 0 Å². The van der Waals surface area contributed by atoms with Crippen molar-refractivity contribution in [3.63, 3.8) is 0 Å². The summed E-state index contributed by atoms with van der Waals surface area (Å²) in [5.74, 6) is -0.493. The van der Waals surface area contributed by atoms with Crippen LogP contribution in [0.3, 0.4) is 0 Å². The lowest BCUT2D eigenvalue weighted by Crippen LogP contribution is -1.97. The second-order valence-electron chi connectivity index (χ2n) is 3.56. The SMILES string of the molecule is CCOc1cncc(-c2ccc(C(=O)O)cc2)n1. The third-order valence-electron chi connectivity index (χ3n) is 2.33. The van der Waals surface area contributed by atoms with Crippen molar-refractivity contribution in [1.82, 2.24) is 9.97 Å². The van der Waals surface area contributed by atoms with Crippen LogP contribution in [0.5, 0.6) is 5.88 Å². The maximum atomic E-state index is 10.7. The molecule has 1 aromatic carbocycles. The highest BCUT2D eigenvalue weighted by Crippen LogP contribution is 2.19. The Labute approximate surface area is 104 Å². The van der Waals surface area contributed by atoms with E-state index in [4.69, 9.17) is 9.84 Å². The Kier molecular flexibility index (Phi) is 3.52. The van der Waals surface area contributed by atoms with E-state index in [1.165, 1.54) is 12.1 Å². The fourth-order valence-electron chi connectivity index (χ4n) is 1.49. The van der Waals surface area contributed by atoms with Gasteiger partial charge in [0.1, 0.15) is 0 Å². The lowest BCUT2D eigenvalue weighted by Gasteiger charge is -2.04. The van der Waals surface area contributed by atoms with E-state index in [9.17, 15) is 4.79 Å². The van der Waals surface area contributed by atoms with Crippen LogP contribution in [0.15, 0.2) is 36.7 Å². The number of rotatable bonds is 4. The summed E-state index contributed by atoms with van der Waals surface area (Å²) in [6.45, 7) is 2.39. The summed E-state index contributed by atoms with van der Waals surface area (Å²) in [5.41, 5.74) is 1.69. The summed E-state index contributed by atoms with van der Waals surface area (Å²) < 4.78 is 5.26. The number of carboxylic acid groups (broad SMARTS) is 1. The van der Waals surface area contributed by atoms with Gasteiger partial charge in [0.25, 0.3) is 0 Å². The zero-order valence-electron chi connectivity index (χ0n) is 9.83. The smallest absolute Gasteiger partial charge is 0.335 e. The van der Waals surface area contributed by atoms with Gasteiger partial charge in [-0.2, -0.15) is 0 Å². The minimum atomic E-state index is -0.948. The summed E-state index contributed by atoms with van der Waals surface area (Å²) in [6.07, 6.45) is 3.15. The fraction of sp³-hybridized carbons (Fsp3) is 0.154. The Hall–Kier alpha value is -2.43. The number of nitrogens with zero attached hydrogens (tertiary/aromatic N) is 2. The molecule has 1 aromatic heterocycles. The first-order chi connectivity index (χ1) is 8.70. The highest BCUT2D eigenvalue weighted by Gasteiger charge is 2.05. The molecule has 2 rings (SSSR count). The number of ether oxygens (including phenoxy) is 1. The summed E-state index contributed by atoms with van der Waals surface area (Å²) >= 11 is 0. The van der Waals surface area contributed by atoms with Gasteiger partial charge in [-0.15, -0.1) is 0 Å². The van der Waals surface area contributed by atoms with Gasteiger partial charge in [0.05, 0.1) is 30.3 Å². The van der Waals surface area contributed by atoms with Gasteiger partial charge in [-0.3, -0.25) is 4.98 Å². The summed E-state index contributed by atoms with van der Waals surface area (Å²) in [4.78, 5) is 19.0. The van der Waals surface area contributed by atoms with Crippen molar-refractivity contribution >= 4 is 5.97 Å². The van der Waals surface area contributed by atoms with Crippen LogP contribution in [0.1, 0.15) is 17.3 Å². The fourth-order valence-corrected chi connectivity index (χ4v) is 1.49. The molecule has 1 N–H and O–H groups in total. The van der Waals surface area contributed by atoms with Gasteiger partial charge in [-0.25, -0.2) is 9.78 Å². The van der Waals surface area contributed by atoms with E-state index >= 15 is 0 Å². The first kappa shape index (κ1) is 12.0. The van der Waals surface area contributed by atoms with Crippen LogP contribution in [0.25, 0.3) is 11.3 Å². The normalized spacial score (nSPS) is 10.1. The van der Waals surface area contributed by atoms with Gasteiger partial charge >= 0.3 is 5.97 Å². The van der Waals surface area contributed by atoms with E-state index in [0.29, 0.717) is 18.2 Å². The Balaban J connectivity index is 2.30. The number of aromatic nitrogens is 2. The molecule has 0 saturated heterocycles. The molecule has 92 valence electrons. The maximum absolute atomic E-state index is 10.7. The lowest BCUT2D eigenvalue weighted by molar-refractivity contribution is 0.0697. The molecule has 0 aliphatic carbocycles. The van der Waals surface area contributed by atoms with Crippen molar-refractivity contribution in [3.05, 3.63) is 42.2 Å². The van der Waals surface area contributed by atoms with Gasteiger partial charge in [0.15, 0.2) is 0 Å².